The van der Waals surface area contributed by atoms with Crippen molar-refractivity contribution in [3.8, 4) is 5.75 Å². The second kappa shape index (κ2) is 6.65. The Hall–Kier alpha value is -2.70. The minimum Gasteiger partial charge on any atom is -0.435 e. The molecular formula is C14H11F3N2O2. The summed E-state index contributed by atoms with van der Waals surface area (Å²) in [5.41, 5.74) is 0.822. The summed E-state index contributed by atoms with van der Waals surface area (Å²) in [7, 11) is 0. The van der Waals surface area contributed by atoms with Crippen molar-refractivity contribution in [2.45, 2.75) is 6.61 Å². The molecule has 7 heteroatoms. The molecule has 2 N–H and O–H groups in total. The number of halogens is 3. The number of nitrogens with one attached hydrogen (secondary N) is 2. The number of anilines is 2. The lowest BCUT2D eigenvalue weighted by atomic mass is 10.3. The van der Waals surface area contributed by atoms with E-state index in [1.54, 1.807) is 0 Å². The third-order valence-corrected chi connectivity index (χ3v) is 2.44. The molecule has 2 amide bonds. The Balaban J connectivity index is 1.91. The topological polar surface area (TPSA) is 50.4 Å². The zero-order chi connectivity index (χ0) is 15.2. The molecule has 0 saturated carbocycles. The largest absolute Gasteiger partial charge is 0.435 e. The number of urea groups is 1. The Morgan fingerprint density at radius 1 is 0.905 bits per heavy atom. The van der Waals surface area contributed by atoms with Gasteiger partial charge in [0.2, 0.25) is 0 Å². The van der Waals surface area contributed by atoms with E-state index in [1.807, 2.05) is 0 Å². The van der Waals surface area contributed by atoms with Crippen LogP contribution in [0.5, 0.6) is 5.75 Å². The average Bonchev–Trinajstić information content (AvgIpc) is 2.43. The Bertz CT molecular complexity index is 601. The number of carbonyl (C=O) groups excluding carboxylic acids is 1. The van der Waals surface area contributed by atoms with Crippen LogP contribution in [0.4, 0.5) is 29.3 Å². The van der Waals surface area contributed by atoms with Gasteiger partial charge < -0.3 is 15.4 Å². The molecule has 0 radical (unpaired) electrons. The fraction of sp³-hybridized carbons (Fsp3) is 0.0714. The Morgan fingerprint density at radius 3 is 1.86 bits per heavy atom. The first kappa shape index (κ1) is 14.7. The number of hydrogen-bond acceptors (Lipinski definition) is 2. The van der Waals surface area contributed by atoms with Gasteiger partial charge in [-0.2, -0.15) is 8.78 Å². The van der Waals surface area contributed by atoms with Crippen molar-refractivity contribution in [2.24, 2.45) is 0 Å². The smallest absolute Gasteiger partial charge is 0.387 e. The van der Waals surface area contributed by atoms with E-state index in [4.69, 9.17) is 0 Å². The number of carbonyl (C=O) groups is 1. The first-order chi connectivity index (χ1) is 10.0. The predicted octanol–water partition coefficient (Wildman–Crippen LogP) is 4.07. The van der Waals surface area contributed by atoms with Crippen molar-refractivity contribution in [1.29, 1.82) is 0 Å². The molecule has 0 unspecified atom stereocenters. The minimum absolute atomic E-state index is 0.00510. The second-order valence-corrected chi connectivity index (χ2v) is 3.99. The van der Waals surface area contributed by atoms with Gasteiger partial charge in [-0.25, -0.2) is 9.18 Å². The van der Waals surface area contributed by atoms with E-state index < -0.39 is 18.5 Å². The first-order valence-electron chi connectivity index (χ1n) is 5.91. The van der Waals surface area contributed by atoms with Crippen LogP contribution in [-0.4, -0.2) is 12.6 Å². The predicted molar refractivity (Wildman–Crippen MR) is 72.1 cm³/mol. The van der Waals surface area contributed by atoms with Crippen molar-refractivity contribution < 1.29 is 22.7 Å². The van der Waals surface area contributed by atoms with E-state index in [-0.39, 0.29) is 5.75 Å². The molecule has 0 heterocycles. The van der Waals surface area contributed by atoms with Gasteiger partial charge in [-0.1, -0.05) is 0 Å². The zero-order valence-electron chi connectivity index (χ0n) is 10.6. The Kier molecular flexibility index (Phi) is 4.65. The standard InChI is InChI=1S/C14H11F3N2O2/c15-9-1-3-10(4-2-9)18-14(20)19-11-5-7-12(8-6-11)21-13(16)17/h1-8,13H,(H2,18,19,20). The number of alkyl halides is 2. The van der Waals surface area contributed by atoms with Gasteiger partial charge in [0.25, 0.3) is 0 Å². The van der Waals surface area contributed by atoms with Gasteiger partial charge in [0.1, 0.15) is 11.6 Å². The van der Waals surface area contributed by atoms with Gasteiger partial charge in [0, 0.05) is 11.4 Å². The van der Waals surface area contributed by atoms with Crippen molar-refractivity contribution in [2.75, 3.05) is 10.6 Å². The molecule has 2 aromatic carbocycles. The average molecular weight is 296 g/mol. The quantitative estimate of drug-likeness (QED) is 0.893. The van der Waals surface area contributed by atoms with E-state index in [0.29, 0.717) is 11.4 Å². The summed E-state index contributed by atoms with van der Waals surface area (Å²) >= 11 is 0. The summed E-state index contributed by atoms with van der Waals surface area (Å²) in [6.45, 7) is -2.90. The maximum Gasteiger partial charge on any atom is 0.387 e. The maximum atomic E-state index is 12.7. The number of benzene rings is 2. The summed E-state index contributed by atoms with van der Waals surface area (Å²) in [5.74, 6) is -0.412. The highest BCUT2D eigenvalue weighted by Gasteiger charge is 2.05. The fourth-order valence-corrected chi connectivity index (χ4v) is 1.55. The third-order valence-electron chi connectivity index (χ3n) is 2.44. The highest BCUT2D eigenvalue weighted by molar-refractivity contribution is 5.99. The van der Waals surface area contributed by atoms with Crippen LogP contribution in [0, 0.1) is 5.82 Å². The molecule has 0 atom stereocenters. The fourth-order valence-electron chi connectivity index (χ4n) is 1.55. The number of rotatable bonds is 4. The van der Waals surface area contributed by atoms with Crippen LogP contribution in [0.3, 0.4) is 0 Å². The molecule has 21 heavy (non-hydrogen) atoms. The number of ether oxygens (including phenoxy) is 1. The van der Waals surface area contributed by atoms with Crippen molar-refractivity contribution in [3.63, 3.8) is 0 Å². The molecule has 110 valence electrons. The molecule has 0 saturated heterocycles. The van der Waals surface area contributed by atoms with Crippen molar-refractivity contribution in [3.05, 3.63) is 54.3 Å². The molecule has 0 fully saturated rings. The molecule has 0 aromatic heterocycles. The molecule has 0 aliphatic carbocycles. The van der Waals surface area contributed by atoms with Gasteiger partial charge >= 0.3 is 12.6 Å². The monoisotopic (exact) mass is 296 g/mol. The SMILES string of the molecule is O=C(Nc1ccc(F)cc1)Nc1ccc(OC(F)F)cc1. The summed E-state index contributed by atoms with van der Waals surface area (Å²) in [5, 5.41) is 5.00. The van der Waals surface area contributed by atoms with Gasteiger partial charge in [-0.05, 0) is 48.5 Å². The Labute approximate surface area is 118 Å². The van der Waals surface area contributed by atoms with Gasteiger partial charge in [0.15, 0.2) is 0 Å². The molecule has 2 aromatic rings. The van der Waals surface area contributed by atoms with Crippen LogP contribution in [0.25, 0.3) is 0 Å². The van der Waals surface area contributed by atoms with Crippen LogP contribution < -0.4 is 15.4 Å². The van der Waals surface area contributed by atoms with E-state index in [2.05, 4.69) is 15.4 Å². The highest BCUT2D eigenvalue weighted by Crippen LogP contribution is 2.18. The lowest BCUT2D eigenvalue weighted by Gasteiger charge is -2.09. The van der Waals surface area contributed by atoms with E-state index in [9.17, 15) is 18.0 Å². The van der Waals surface area contributed by atoms with E-state index in [0.717, 1.165) is 0 Å². The van der Waals surface area contributed by atoms with Crippen LogP contribution in [0.1, 0.15) is 0 Å². The normalized spacial score (nSPS) is 10.3. The summed E-state index contributed by atoms with van der Waals surface area (Å²) in [4.78, 5) is 11.7. The number of amides is 2. The van der Waals surface area contributed by atoms with Crippen LogP contribution >= 0.6 is 0 Å². The van der Waals surface area contributed by atoms with E-state index in [1.165, 1.54) is 48.5 Å². The zero-order valence-corrected chi connectivity index (χ0v) is 10.6. The minimum atomic E-state index is -2.90. The van der Waals surface area contributed by atoms with Crippen molar-refractivity contribution in [1.82, 2.24) is 0 Å². The summed E-state index contributed by atoms with van der Waals surface area (Å²) in [6.07, 6.45) is 0. The van der Waals surface area contributed by atoms with Gasteiger partial charge in [-0.3, -0.25) is 0 Å². The second-order valence-electron chi connectivity index (χ2n) is 3.99. The van der Waals surface area contributed by atoms with Crippen LogP contribution in [-0.2, 0) is 0 Å². The molecule has 0 bridgehead atoms. The molecule has 2 rings (SSSR count). The van der Waals surface area contributed by atoms with E-state index >= 15 is 0 Å². The lowest BCUT2D eigenvalue weighted by molar-refractivity contribution is -0.0498. The van der Waals surface area contributed by atoms with Gasteiger partial charge in [-0.15, -0.1) is 0 Å². The van der Waals surface area contributed by atoms with Crippen molar-refractivity contribution >= 4 is 17.4 Å². The molecular weight excluding hydrogens is 285 g/mol. The third kappa shape index (κ3) is 4.72. The van der Waals surface area contributed by atoms with Gasteiger partial charge in [0.05, 0.1) is 0 Å². The highest BCUT2D eigenvalue weighted by atomic mass is 19.3. The molecule has 4 nitrogen and oxygen atoms in total. The summed E-state index contributed by atoms with van der Waals surface area (Å²) < 4.78 is 40.8. The van der Waals surface area contributed by atoms with Crippen LogP contribution in [0.15, 0.2) is 48.5 Å². The Morgan fingerprint density at radius 2 is 1.38 bits per heavy atom. The molecule has 0 aliphatic rings. The maximum absolute atomic E-state index is 12.7. The molecule has 0 spiro atoms. The number of hydrogen-bond donors (Lipinski definition) is 2. The first-order valence-corrected chi connectivity index (χ1v) is 5.91. The summed E-state index contributed by atoms with van der Waals surface area (Å²) in [6, 6.07) is 10.2. The molecule has 0 aliphatic heterocycles. The van der Waals surface area contributed by atoms with Crippen LogP contribution in [0.2, 0.25) is 0 Å². The lowest BCUT2D eigenvalue weighted by Crippen LogP contribution is -2.19.